The van der Waals surface area contributed by atoms with Crippen LogP contribution in [0.4, 0.5) is 16.2 Å². The fourth-order valence-corrected chi connectivity index (χ4v) is 1.93. The highest BCUT2D eigenvalue weighted by Gasteiger charge is 2.01. The highest BCUT2D eigenvalue weighted by molar-refractivity contribution is 7.09. The van der Waals surface area contributed by atoms with E-state index in [0.717, 1.165) is 10.6 Å². The molecule has 6 heteroatoms. The number of hydrogen-bond acceptors (Lipinski definition) is 5. The first-order chi connectivity index (χ1) is 8.78. The van der Waals surface area contributed by atoms with Gasteiger partial charge in [0.05, 0.1) is 19.2 Å². The molecule has 1 aromatic carbocycles. The van der Waals surface area contributed by atoms with Gasteiger partial charge in [-0.05, 0) is 18.2 Å². The maximum Gasteiger partial charge on any atom is 0.411 e. The van der Waals surface area contributed by atoms with Gasteiger partial charge in [-0.1, -0.05) is 6.07 Å². The van der Waals surface area contributed by atoms with E-state index in [0.29, 0.717) is 12.2 Å². The van der Waals surface area contributed by atoms with Crippen molar-refractivity contribution in [1.82, 2.24) is 4.98 Å². The van der Waals surface area contributed by atoms with Crippen molar-refractivity contribution in [2.45, 2.75) is 6.54 Å². The molecule has 0 aliphatic heterocycles. The summed E-state index contributed by atoms with van der Waals surface area (Å²) in [6, 6.07) is 7.44. The summed E-state index contributed by atoms with van der Waals surface area (Å²) in [5, 5.41) is 5.87. The Labute approximate surface area is 109 Å². The molecule has 0 fully saturated rings. The van der Waals surface area contributed by atoms with Gasteiger partial charge in [-0.15, -0.1) is 11.3 Å². The molecule has 0 aliphatic carbocycles. The minimum atomic E-state index is -0.477. The molecule has 0 saturated carbocycles. The number of amides is 1. The smallest absolute Gasteiger partial charge is 0.411 e. The highest BCUT2D eigenvalue weighted by atomic mass is 32.1. The molecule has 2 aromatic rings. The first-order valence-electron chi connectivity index (χ1n) is 5.34. The van der Waals surface area contributed by atoms with Crippen molar-refractivity contribution in [3.8, 4) is 0 Å². The van der Waals surface area contributed by atoms with Gasteiger partial charge in [-0.3, -0.25) is 10.3 Å². The molecule has 1 heterocycles. The average Bonchev–Trinajstić information content (AvgIpc) is 2.90. The van der Waals surface area contributed by atoms with Gasteiger partial charge in [0.25, 0.3) is 0 Å². The van der Waals surface area contributed by atoms with Crippen molar-refractivity contribution in [2.75, 3.05) is 17.7 Å². The van der Waals surface area contributed by atoms with Gasteiger partial charge in [0.2, 0.25) is 0 Å². The number of carbonyl (C=O) groups excluding carboxylic acids is 1. The molecule has 5 nitrogen and oxygen atoms in total. The van der Waals surface area contributed by atoms with Crippen LogP contribution in [0.25, 0.3) is 0 Å². The lowest BCUT2D eigenvalue weighted by Crippen LogP contribution is -2.11. The molecule has 2 N–H and O–H groups in total. The summed E-state index contributed by atoms with van der Waals surface area (Å²) in [4.78, 5) is 16.2. The lowest BCUT2D eigenvalue weighted by Gasteiger charge is -2.08. The summed E-state index contributed by atoms with van der Waals surface area (Å²) in [5.41, 5.74) is 3.42. The summed E-state index contributed by atoms with van der Waals surface area (Å²) in [6.45, 7) is 0.715. The van der Waals surface area contributed by atoms with Crippen molar-refractivity contribution >= 4 is 28.8 Å². The van der Waals surface area contributed by atoms with Crippen LogP contribution >= 0.6 is 11.3 Å². The van der Waals surface area contributed by atoms with Crippen LogP contribution in [0.2, 0.25) is 0 Å². The number of methoxy groups -OCH3 is 1. The number of ether oxygens (including phenoxy) is 1. The SMILES string of the molecule is COC(=O)Nc1cccc(NCc2cncs2)c1. The molecular weight excluding hydrogens is 250 g/mol. The minimum absolute atomic E-state index is 0.477. The second kappa shape index (κ2) is 6.02. The van der Waals surface area contributed by atoms with Crippen LogP contribution in [0.5, 0.6) is 0 Å². The quantitative estimate of drug-likeness (QED) is 0.890. The molecule has 0 radical (unpaired) electrons. The second-order valence-electron chi connectivity index (χ2n) is 3.52. The maximum atomic E-state index is 11.1. The predicted molar refractivity (Wildman–Crippen MR) is 71.9 cm³/mol. The second-order valence-corrected chi connectivity index (χ2v) is 4.49. The summed E-state index contributed by atoms with van der Waals surface area (Å²) >= 11 is 1.60. The van der Waals surface area contributed by atoms with Crippen LogP contribution < -0.4 is 10.6 Å². The van der Waals surface area contributed by atoms with E-state index in [-0.39, 0.29) is 0 Å². The van der Waals surface area contributed by atoms with Crippen molar-refractivity contribution in [3.05, 3.63) is 40.8 Å². The van der Waals surface area contributed by atoms with E-state index in [9.17, 15) is 4.79 Å². The summed E-state index contributed by atoms with van der Waals surface area (Å²) in [6.07, 6.45) is 1.35. The number of thiazole rings is 1. The molecule has 2 rings (SSSR count). The van der Waals surface area contributed by atoms with Crippen molar-refractivity contribution in [3.63, 3.8) is 0 Å². The molecule has 0 aliphatic rings. The van der Waals surface area contributed by atoms with Crippen molar-refractivity contribution in [1.29, 1.82) is 0 Å². The Morgan fingerprint density at radius 2 is 2.28 bits per heavy atom. The van der Waals surface area contributed by atoms with E-state index >= 15 is 0 Å². The maximum absolute atomic E-state index is 11.1. The minimum Gasteiger partial charge on any atom is -0.453 e. The average molecular weight is 263 g/mol. The number of carbonyl (C=O) groups is 1. The molecule has 18 heavy (non-hydrogen) atoms. The standard InChI is InChI=1S/C12H13N3O2S/c1-17-12(16)15-10-4-2-3-9(5-10)14-7-11-6-13-8-18-11/h2-6,8,14H,7H2,1H3,(H,15,16). The molecule has 0 atom stereocenters. The zero-order valence-corrected chi connectivity index (χ0v) is 10.7. The topological polar surface area (TPSA) is 63.2 Å². The molecule has 1 amide bonds. The van der Waals surface area contributed by atoms with E-state index in [1.165, 1.54) is 7.11 Å². The van der Waals surface area contributed by atoms with E-state index in [1.54, 1.807) is 22.9 Å². The van der Waals surface area contributed by atoms with Crippen LogP contribution in [-0.2, 0) is 11.3 Å². The van der Waals surface area contributed by atoms with Crippen LogP contribution in [0.3, 0.4) is 0 Å². The van der Waals surface area contributed by atoms with Gasteiger partial charge in [0.15, 0.2) is 0 Å². The van der Waals surface area contributed by atoms with Crippen LogP contribution in [0.1, 0.15) is 4.88 Å². The number of nitrogens with one attached hydrogen (secondary N) is 2. The van der Waals surface area contributed by atoms with Gasteiger partial charge in [-0.2, -0.15) is 0 Å². The van der Waals surface area contributed by atoms with Gasteiger partial charge in [0, 0.05) is 22.4 Å². The third-order valence-electron chi connectivity index (χ3n) is 2.24. The number of aromatic nitrogens is 1. The predicted octanol–water partition coefficient (Wildman–Crippen LogP) is 2.93. The van der Waals surface area contributed by atoms with Crippen LogP contribution in [0.15, 0.2) is 36.0 Å². The first-order valence-corrected chi connectivity index (χ1v) is 6.22. The Morgan fingerprint density at radius 1 is 1.44 bits per heavy atom. The van der Waals surface area contributed by atoms with Gasteiger partial charge >= 0.3 is 6.09 Å². The number of rotatable bonds is 4. The van der Waals surface area contributed by atoms with Gasteiger partial charge < -0.3 is 10.1 Å². The zero-order chi connectivity index (χ0) is 12.8. The molecule has 0 spiro atoms. The zero-order valence-electron chi connectivity index (χ0n) is 9.84. The Balaban J connectivity index is 1.96. The van der Waals surface area contributed by atoms with E-state index in [4.69, 9.17) is 0 Å². The van der Waals surface area contributed by atoms with Crippen molar-refractivity contribution < 1.29 is 9.53 Å². The molecule has 0 bridgehead atoms. The Morgan fingerprint density at radius 3 is 3.00 bits per heavy atom. The monoisotopic (exact) mass is 263 g/mol. The number of benzene rings is 1. The highest BCUT2D eigenvalue weighted by Crippen LogP contribution is 2.17. The fraction of sp³-hybridized carbons (Fsp3) is 0.167. The van der Waals surface area contributed by atoms with Crippen molar-refractivity contribution in [2.24, 2.45) is 0 Å². The lowest BCUT2D eigenvalue weighted by molar-refractivity contribution is 0.187. The third-order valence-corrected chi connectivity index (χ3v) is 3.02. The first kappa shape index (κ1) is 12.4. The van der Waals surface area contributed by atoms with Gasteiger partial charge in [0.1, 0.15) is 0 Å². The Kier molecular flexibility index (Phi) is 4.14. The van der Waals surface area contributed by atoms with Crippen LogP contribution in [-0.4, -0.2) is 18.2 Å². The molecular formula is C12H13N3O2S. The molecule has 1 aromatic heterocycles. The lowest BCUT2D eigenvalue weighted by atomic mass is 10.2. The summed E-state index contributed by atoms with van der Waals surface area (Å²) in [7, 11) is 1.33. The number of anilines is 2. The third kappa shape index (κ3) is 3.46. The largest absolute Gasteiger partial charge is 0.453 e. The van der Waals surface area contributed by atoms with E-state index in [2.05, 4.69) is 20.4 Å². The Hall–Kier alpha value is -2.08. The number of hydrogen-bond donors (Lipinski definition) is 2. The van der Waals surface area contributed by atoms with Gasteiger partial charge in [-0.25, -0.2) is 4.79 Å². The molecule has 0 saturated heterocycles. The summed E-state index contributed by atoms with van der Waals surface area (Å²) < 4.78 is 4.54. The fourth-order valence-electron chi connectivity index (χ4n) is 1.39. The molecule has 0 unspecified atom stereocenters. The Bertz CT molecular complexity index is 514. The molecule has 94 valence electrons. The normalized spacial score (nSPS) is 9.83. The number of nitrogens with zero attached hydrogens (tertiary/aromatic N) is 1. The van der Waals surface area contributed by atoms with Crippen LogP contribution in [0, 0.1) is 0 Å². The van der Waals surface area contributed by atoms with E-state index in [1.807, 2.05) is 24.4 Å². The summed E-state index contributed by atoms with van der Waals surface area (Å²) in [5.74, 6) is 0. The van der Waals surface area contributed by atoms with E-state index < -0.39 is 6.09 Å².